The summed E-state index contributed by atoms with van der Waals surface area (Å²) in [5.74, 6) is 0. The van der Waals surface area contributed by atoms with Gasteiger partial charge in [-0.3, -0.25) is 9.78 Å². The van der Waals surface area contributed by atoms with E-state index in [4.69, 9.17) is 0 Å². The van der Waals surface area contributed by atoms with E-state index in [0.717, 1.165) is 37.2 Å². The van der Waals surface area contributed by atoms with Gasteiger partial charge in [-0.25, -0.2) is 8.75 Å². The Balaban J connectivity index is 2.75. The van der Waals surface area contributed by atoms with E-state index < -0.39 is 0 Å². The molecule has 0 aliphatic carbocycles. The van der Waals surface area contributed by atoms with E-state index in [0.29, 0.717) is 0 Å². The summed E-state index contributed by atoms with van der Waals surface area (Å²) in [7, 11) is 0. The summed E-state index contributed by atoms with van der Waals surface area (Å²) in [4.78, 5) is 25.6. The number of rotatable bonds is 11. The summed E-state index contributed by atoms with van der Waals surface area (Å²) in [6.07, 6.45) is 11.5. The summed E-state index contributed by atoms with van der Waals surface area (Å²) < 4.78 is 1.69. The number of nitrogens with one attached hydrogen (secondary N) is 1. The van der Waals surface area contributed by atoms with Gasteiger partial charge in [-0.15, -0.1) is 0 Å². The fourth-order valence-corrected chi connectivity index (χ4v) is 3.66. The topological polar surface area (TPSA) is 54.9 Å². The quantitative estimate of drug-likeness (QED) is 0.621. The van der Waals surface area contributed by atoms with Crippen LogP contribution < -0.4 is 10.6 Å². The maximum Gasteiger partial charge on any atom is 0.339 e. The molecule has 1 rings (SSSR count). The zero-order valence-electron chi connectivity index (χ0n) is 13.7. The highest BCUT2D eigenvalue weighted by molar-refractivity contribution is 7.03. The molecule has 0 atom stereocenters. The van der Waals surface area contributed by atoms with Crippen LogP contribution in [0.5, 0.6) is 0 Å². The predicted octanol–water partition coefficient (Wildman–Crippen LogP) is 4.25. The minimum Gasteiger partial charge on any atom is -0.263 e. The van der Waals surface area contributed by atoms with Crippen molar-refractivity contribution in [1.82, 2.24) is 8.94 Å². The summed E-state index contributed by atoms with van der Waals surface area (Å²) >= 11 is 1.04. The molecule has 0 aliphatic rings. The molecule has 122 valence electrons. The third kappa shape index (κ3) is 5.81. The van der Waals surface area contributed by atoms with Crippen LogP contribution in [0.25, 0.3) is 0 Å². The molecule has 5 heteroatoms. The maximum absolute atomic E-state index is 12.0. The average molecular weight is 314 g/mol. The van der Waals surface area contributed by atoms with Crippen LogP contribution in [-0.2, 0) is 5.54 Å². The van der Waals surface area contributed by atoms with E-state index in [1.807, 2.05) is 0 Å². The Bertz CT molecular complexity index is 489. The first kappa shape index (κ1) is 18.2. The van der Waals surface area contributed by atoms with Gasteiger partial charge in [0, 0.05) is 11.5 Å². The van der Waals surface area contributed by atoms with Gasteiger partial charge in [0.1, 0.15) is 0 Å². The largest absolute Gasteiger partial charge is 0.339 e. The fourth-order valence-electron chi connectivity index (χ4n) is 2.83. The Hall–Kier alpha value is -0.840. The number of H-pyrrole nitrogens is 1. The standard InChI is InChI=1S/C16H30N2O2S/c1-4-6-8-10-12-16(3,13-11-9-7-5-2)18-14(19)17-15(20)21-18/h4-13H2,1-3H3,(H,17,19,20). The summed E-state index contributed by atoms with van der Waals surface area (Å²) in [6, 6.07) is 0. The van der Waals surface area contributed by atoms with E-state index in [-0.39, 0.29) is 16.1 Å². The molecule has 0 bridgehead atoms. The van der Waals surface area contributed by atoms with E-state index in [2.05, 4.69) is 25.8 Å². The van der Waals surface area contributed by atoms with Crippen LogP contribution in [0.4, 0.5) is 0 Å². The van der Waals surface area contributed by atoms with Crippen molar-refractivity contribution in [2.45, 2.75) is 90.5 Å². The number of hydrogen-bond acceptors (Lipinski definition) is 3. The molecule has 4 nitrogen and oxygen atoms in total. The molecule has 0 fully saturated rings. The number of aromatic amines is 1. The maximum atomic E-state index is 12.0. The van der Waals surface area contributed by atoms with Crippen molar-refractivity contribution in [2.75, 3.05) is 0 Å². The van der Waals surface area contributed by atoms with Gasteiger partial charge in [0.05, 0.1) is 5.54 Å². The molecule has 0 amide bonds. The van der Waals surface area contributed by atoms with E-state index >= 15 is 0 Å². The first-order valence-electron chi connectivity index (χ1n) is 8.36. The molecule has 0 radical (unpaired) electrons. The van der Waals surface area contributed by atoms with Gasteiger partial charge in [0.2, 0.25) is 0 Å². The van der Waals surface area contributed by atoms with Crippen molar-refractivity contribution >= 4 is 11.5 Å². The lowest BCUT2D eigenvalue weighted by Gasteiger charge is -2.29. The zero-order chi connectivity index (χ0) is 15.7. The van der Waals surface area contributed by atoms with Crippen LogP contribution in [0.15, 0.2) is 9.59 Å². The van der Waals surface area contributed by atoms with Crippen LogP contribution in [0.2, 0.25) is 0 Å². The Kier molecular flexibility index (Phi) is 8.01. The molecule has 1 aromatic rings. The van der Waals surface area contributed by atoms with Crippen molar-refractivity contribution < 1.29 is 0 Å². The highest BCUT2D eigenvalue weighted by Crippen LogP contribution is 2.29. The SMILES string of the molecule is CCCCCCC(C)(CCCCCC)n1sc(=O)[nH]c1=O. The minimum absolute atomic E-state index is 0.206. The van der Waals surface area contributed by atoms with Crippen molar-refractivity contribution in [3.8, 4) is 0 Å². The fraction of sp³-hybridized carbons (Fsp3) is 0.875. The lowest BCUT2D eigenvalue weighted by molar-refractivity contribution is 0.262. The number of hydrogen-bond donors (Lipinski definition) is 1. The van der Waals surface area contributed by atoms with E-state index in [1.54, 1.807) is 3.96 Å². The van der Waals surface area contributed by atoms with Gasteiger partial charge in [0.15, 0.2) is 0 Å². The number of nitrogens with zero attached hydrogens (tertiary/aromatic N) is 1. The van der Waals surface area contributed by atoms with Crippen LogP contribution in [-0.4, -0.2) is 8.94 Å². The molecule has 0 spiro atoms. The second kappa shape index (κ2) is 9.23. The minimum atomic E-state index is -0.242. The Morgan fingerprint density at radius 3 is 1.86 bits per heavy atom. The van der Waals surface area contributed by atoms with Crippen molar-refractivity contribution in [1.29, 1.82) is 0 Å². The van der Waals surface area contributed by atoms with Crippen LogP contribution >= 0.6 is 11.5 Å². The smallest absolute Gasteiger partial charge is 0.263 e. The Labute approximate surface area is 131 Å². The van der Waals surface area contributed by atoms with Crippen LogP contribution in [0.1, 0.15) is 85.0 Å². The molecular weight excluding hydrogens is 284 g/mol. The van der Waals surface area contributed by atoms with Crippen LogP contribution in [0, 0.1) is 0 Å². The third-order valence-corrected chi connectivity index (χ3v) is 5.25. The van der Waals surface area contributed by atoms with Gasteiger partial charge < -0.3 is 0 Å². The Morgan fingerprint density at radius 1 is 0.952 bits per heavy atom. The highest BCUT2D eigenvalue weighted by Gasteiger charge is 2.28. The monoisotopic (exact) mass is 314 g/mol. The molecule has 0 unspecified atom stereocenters. The average Bonchev–Trinajstić information content (AvgIpc) is 2.80. The molecule has 1 aromatic heterocycles. The molecule has 1 heterocycles. The molecule has 0 saturated heterocycles. The molecule has 1 N–H and O–H groups in total. The van der Waals surface area contributed by atoms with Crippen molar-refractivity contribution in [3.05, 3.63) is 20.2 Å². The summed E-state index contributed by atoms with van der Waals surface area (Å²) in [5, 5.41) is 0. The molecular formula is C16H30N2O2S. The van der Waals surface area contributed by atoms with Gasteiger partial charge in [0.25, 0.3) is 0 Å². The first-order valence-corrected chi connectivity index (χ1v) is 9.14. The molecule has 21 heavy (non-hydrogen) atoms. The molecule has 0 saturated carbocycles. The second-order valence-corrected chi connectivity index (χ2v) is 7.14. The van der Waals surface area contributed by atoms with Crippen molar-refractivity contribution in [2.24, 2.45) is 0 Å². The summed E-state index contributed by atoms with van der Waals surface area (Å²) in [5.41, 5.74) is -0.443. The second-order valence-electron chi connectivity index (χ2n) is 6.22. The third-order valence-electron chi connectivity index (χ3n) is 4.20. The number of unbranched alkanes of at least 4 members (excludes halogenated alkanes) is 6. The lowest BCUT2D eigenvalue weighted by Crippen LogP contribution is -2.36. The predicted molar refractivity (Wildman–Crippen MR) is 90.4 cm³/mol. The van der Waals surface area contributed by atoms with Gasteiger partial charge in [-0.2, -0.15) is 0 Å². The van der Waals surface area contributed by atoms with E-state index in [9.17, 15) is 9.59 Å². The Morgan fingerprint density at radius 2 is 1.48 bits per heavy atom. The van der Waals surface area contributed by atoms with E-state index in [1.165, 1.54) is 38.5 Å². The van der Waals surface area contributed by atoms with Gasteiger partial charge in [-0.05, 0) is 19.8 Å². The van der Waals surface area contributed by atoms with Gasteiger partial charge in [-0.1, -0.05) is 65.2 Å². The first-order chi connectivity index (χ1) is 10.0. The molecule has 0 aliphatic heterocycles. The van der Waals surface area contributed by atoms with Crippen molar-refractivity contribution in [3.63, 3.8) is 0 Å². The van der Waals surface area contributed by atoms with Crippen LogP contribution in [0.3, 0.4) is 0 Å². The highest BCUT2D eigenvalue weighted by atomic mass is 32.1. The van der Waals surface area contributed by atoms with Gasteiger partial charge >= 0.3 is 10.6 Å². The molecule has 0 aromatic carbocycles. The normalized spacial score (nSPS) is 12.0. The zero-order valence-corrected chi connectivity index (χ0v) is 14.6. The summed E-state index contributed by atoms with van der Waals surface area (Å²) in [6.45, 7) is 6.54. The number of aromatic nitrogens is 2. The lowest BCUT2D eigenvalue weighted by atomic mass is 9.88.